The molecule has 1 aromatic carbocycles. The summed E-state index contributed by atoms with van der Waals surface area (Å²) in [7, 11) is -5.13. The molecule has 0 amide bonds. The van der Waals surface area contributed by atoms with Crippen LogP contribution < -0.4 is 4.72 Å². The molecule has 1 atom stereocenters. The molecule has 0 saturated carbocycles. The predicted molar refractivity (Wildman–Crippen MR) is 65.5 cm³/mol. The van der Waals surface area contributed by atoms with Crippen LogP contribution in [0.1, 0.15) is 0 Å². The smallest absolute Gasteiger partial charge is 0.245 e. The Bertz CT molecular complexity index is 513. The molecule has 1 aromatic rings. The predicted octanol–water partition coefficient (Wildman–Crippen LogP) is 1.14. The minimum absolute atomic E-state index is 0.0316. The van der Waals surface area contributed by atoms with Crippen LogP contribution in [-0.4, -0.2) is 31.2 Å². The number of rotatable bonds is 5. The number of hydrogen-bond donors (Lipinski definition) is 1. The zero-order valence-corrected chi connectivity index (χ0v) is 11.3. The molecule has 0 saturated heterocycles. The molecule has 96 valence electrons. The first-order chi connectivity index (χ1) is 7.84. The van der Waals surface area contributed by atoms with Gasteiger partial charge in [0, 0.05) is 29.4 Å². The lowest BCUT2D eigenvalue weighted by atomic mass is 10.3. The summed E-state index contributed by atoms with van der Waals surface area (Å²) in [4.78, 5) is -0.580. The maximum absolute atomic E-state index is 13.4. The number of nitrogens with one attached hydrogen (secondary N) is 1. The first kappa shape index (κ1) is 14.6. The van der Waals surface area contributed by atoms with Crippen molar-refractivity contribution in [3.8, 4) is 0 Å². The third kappa shape index (κ3) is 4.02. The van der Waals surface area contributed by atoms with Crippen molar-refractivity contribution in [2.24, 2.45) is 0 Å². The molecule has 17 heavy (non-hydrogen) atoms. The van der Waals surface area contributed by atoms with Crippen molar-refractivity contribution in [2.45, 2.75) is 4.90 Å². The first-order valence-corrected chi connectivity index (χ1v) is 8.17. The number of halogens is 2. The van der Waals surface area contributed by atoms with Crippen LogP contribution in [0.5, 0.6) is 0 Å². The van der Waals surface area contributed by atoms with Crippen molar-refractivity contribution in [3.05, 3.63) is 29.0 Å². The fraction of sp³-hybridized carbons (Fsp3) is 0.333. The summed E-state index contributed by atoms with van der Waals surface area (Å²) in [5.41, 5.74) is 0. The van der Waals surface area contributed by atoms with Gasteiger partial charge in [-0.05, 0) is 12.1 Å². The van der Waals surface area contributed by atoms with Gasteiger partial charge in [-0.3, -0.25) is 4.21 Å². The van der Waals surface area contributed by atoms with Crippen molar-refractivity contribution < 1.29 is 17.0 Å². The highest BCUT2D eigenvalue weighted by Crippen LogP contribution is 2.23. The van der Waals surface area contributed by atoms with E-state index in [1.54, 1.807) is 0 Å². The van der Waals surface area contributed by atoms with Crippen LogP contribution in [0.15, 0.2) is 23.1 Å². The second-order valence-electron chi connectivity index (χ2n) is 3.23. The van der Waals surface area contributed by atoms with Crippen LogP contribution in [0.25, 0.3) is 0 Å². The SMILES string of the molecule is CS(=O)CCNS(=O)(=O)c1c(F)cccc1Cl. The third-order valence-corrected chi connectivity index (χ3v) is 4.61. The monoisotopic (exact) mass is 299 g/mol. The molecular weight excluding hydrogens is 289 g/mol. The van der Waals surface area contributed by atoms with Gasteiger partial charge in [-0.2, -0.15) is 0 Å². The van der Waals surface area contributed by atoms with Gasteiger partial charge in [-0.15, -0.1) is 0 Å². The van der Waals surface area contributed by atoms with E-state index in [1.807, 2.05) is 0 Å². The summed E-state index contributed by atoms with van der Waals surface area (Å²) in [5.74, 6) is -0.756. The molecule has 0 aliphatic heterocycles. The second kappa shape index (κ2) is 5.90. The largest absolute Gasteiger partial charge is 0.260 e. The molecule has 0 heterocycles. The zero-order valence-electron chi connectivity index (χ0n) is 8.94. The maximum atomic E-state index is 13.4. The molecule has 8 heteroatoms. The van der Waals surface area contributed by atoms with Gasteiger partial charge in [0.2, 0.25) is 10.0 Å². The van der Waals surface area contributed by atoms with E-state index in [4.69, 9.17) is 11.6 Å². The van der Waals surface area contributed by atoms with Crippen LogP contribution in [0.4, 0.5) is 4.39 Å². The van der Waals surface area contributed by atoms with E-state index in [2.05, 4.69) is 4.72 Å². The number of benzene rings is 1. The second-order valence-corrected chi connectivity index (χ2v) is 6.89. The molecule has 1 N–H and O–H groups in total. The van der Waals surface area contributed by atoms with Crippen molar-refractivity contribution in [1.82, 2.24) is 4.72 Å². The standard InChI is InChI=1S/C9H11ClFNO3S2/c1-16(13)6-5-12-17(14,15)9-7(10)3-2-4-8(9)11/h2-4,12H,5-6H2,1H3. The lowest BCUT2D eigenvalue weighted by molar-refractivity contribution is 0.559. The van der Waals surface area contributed by atoms with E-state index in [1.165, 1.54) is 18.4 Å². The lowest BCUT2D eigenvalue weighted by Crippen LogP contribution is -2.28. The molecule has 1 rings (SSSR count). The van der Waals surface area contributed by atoms with Crippen LogP contribution in [0.2, 0.25) is 5.02 Å². The summed E-state index contributed by atoms with van der Waals surface area (Å²) in [6, 6.07) is 3.62. The lowest BCUT2D eigenvalue weighted by Gasteiger charge is -2.08. The van der Waals surface area contributed by atoms with E-state index in [0.717, 1.165) is 6.07 Å². The Hall–Kier alpha value is -0.500. The normalized spacial score (nSPS) is 13.6. The van der Waals surface area contributed by atoms with Gasteiger partial charge >= 0.3 is 0 Å². The molecule has 1 unspecified atom stereocenters. The molecule has 4 nitrogen and oxygen atoms in total. The maximum Gasteiger partial charge on any atom is 0.245 e. The number of hydrogen-bond acceptors (Lipinski definition) is 3. The van der Waals surface area contributed by atoms with Gasteiger partial charge in [-0.1, -0.05) is 17.7 Å². The van der Waals surface area contributed by atoms with Crippen LogP contribution in [-0.2, 0) is 20.8 Å². The van der Waals surface area contributed by atoms with Gasteiger partial charge in [0.05, 0.1) is 5.02 Å². The molecule has 0 aromatic heterocycles. The van der Waals surface area contributed by atoms with Crippen molar-refractivity contribution >= 4 is 32.4 Å². The van der Waals surface area contributed by atoms with Gasteiger partial charge in [0.1, 0.15) is 10.7 Å². The Morgan fingerprint density at radius 3 is 2.65 bits per heavy atom. The summed E-state index contributed by atoms with van der Waals surface area (Å²) in [6.45, 7) is -0.0316. The highest BCUT2D eigenvalue weighted by atomic mass is 35.5. The Labute approximate surface area is 107 Å². The summed E-state index contributed by atoms with van der Waals surface area (Å²) in [5, 5.41) is -0.185. The Morgan fingerprint density at radius 2 is 2.12 bits per heavy atom. The quantitative estimate of drug-likeness (QED) is 0.887. The molecule has 0 spiro atoms. The molecule has 0 aliphatic carbocycles. The minimum Gasteiger partial charge on any atom is -0.260 e. The van der Waals surface area contributed by atoms with Crippen LogP contribution in [0, 0.1) is 5.82 Å². The van der Waals surface area contributed by atoms with Crippen LogP contribution >= 0.6 is 11.6 Å². The van der Waals surface area contributed by atoms with Crippen molar-refractivity contribution in [2.75, 3.05) is 18.6 Å². The van der Waals surface area contributed by atoms with E-state index in [9.17, 15) is 17.0 Å². The van der Waals surface area contributed by atoms with E-state index >= 15 is 0 Å². The fourth-order valence-corrected chi connectivity index (χ4v) is 3.28. The molecule has 0 aliphatic rings. The van der Waals surface area contributed by atoms with Gasteiger partial charge < -0.3 is 0 Å². The van der Waals surface area contributed by atoms with Crippen molar-refractivity contribution in [3.63, 3.8) is 0 Å². The van der Waals surface area contributed by atoms with Crippen LogP contribution in [0.3, 0.4) is 0 Å². The third-order valence-electron chi connectivity index (χ3n) is 1.87. The Kier molecular flexibility index (Phi) is 5.05. The first-order valence-electron chi connectivity index (χ1n) is 4.58. The molecule has 0 radical (unpaired) electrons. The highest BCUT2D eigenvalue weighted by Gasteiger charge is 2.21. The van der Waals surface area contributed by atoms with Gasteiger partial charge in [0.15, 0.2) is 0 Å². The van der Waals surface area contributed by atoms with Gasteiger partial charge in [-0.25, -0.2) is 17.5 Å². The Balaban J connectivity index is 2.94. The molecule has 0 bridgehead atoms. The number of sulfonamides is 1. The van der Waals surface area contributed by atoms with E-state index in [0.29, 0.717) is 0 Å². The minimum atomic E-state index is -4.01. The summed E-state index contributed by atoms with van der Waals surface area (Å²) >= 11 is 5.64. The Morgan fingerprint density at radius 1 is 1.47 bits per heavy atom. The zero-order chi connectivity index (χ0) is 13.1. The van der Waals surface area contributed by atoms with E-state index < -0.39 is 31.5 Å². The van der Waals surface area contributed by atoms with Gasteiger partial charge in [0.25, 0.3) is 0 Å². The fourth-order valence-electron chi connectivity index (χ4n) is 1.13. The van der Waals surface area contributed by atoms with Crippen molar-refractivity contribution in [1.29, 1.82) is 0 Å². The highest BCUT2D eigenvalue weighted by molar-refractivity contribution is 7.89. The topological polar surface area (TPSA) is 63.2 Å². The molecule has 0 fully saturated rings. The average Bonchev–Trinajstić information content (AvgIpc) is 2.15. The summed E-state index contributed by atoms with van der Waals surface area (Å²) in [6.07, 6.45) is 1.45. The molecular formula is C9H11ClFNO3S2. The average molecular weight is 300 g/mol. The summed E-state index contributed by atoms with van der Waals surface area (Å²) < 4.78 is 49.7. The van der Waals surface area contributed by atoms with E-state index in [-0.39, 0.29) is 17.3 Å².